The first-order valence-electron chi connectivity index (χ1n) is 6.53. The first-order valence-corrected chi connectivity index (χ1v) is 7.41. The van der Waals surface area contributed by atoms with Crippen molar-refractivity contribution < 1.29 is 0 Å². The van der Waals surface area contributed by atoms with Gasteiger partial charge in [-0.2, -0.15) is 0 Å². The van der Waals surface area contributed by atoms with Crippen molar-refractivity contribution in [3.63, 3.8) is 0 Å². The maximum Gasteiger partial charge on any atom is 0.0926 e. The quantitative estimate of drug-likeness (QED) is 0.868. The summed E-state index contributed by atoms with van der Waals surface area (Å²) in [6.07, 6.45) is 1.05. The molecule has 1 saturated carbocycles. The Bertz CT molecular complexity index is 379. The van der Waals surface area contributed by atoms with Crippen LogP contribution in [0.2, 0.25) is 0 Å². The third-order valence-electron chi connectivity index (χ3n) is 4.88. The molecule has 0 amide bonds. The van der Waals surface area contributed by atoms with E-state index in [-0.39, 0.29) is 0 Å². The molecule has 1 N–H and O–H groups in total. The minimum atomic E-state index is 0.483. The number of hydrogen-bond acceptors (Lipinski definition) is 3. The fourth-order valence-corrected chi connectivity index (χ4v) is 3.53. The second-order valence-corrected chi connectivity index (χ2v) is 7.16. The highest BCUT2D eigenvalue weighted by Crippen LogP contribution is 2.67. The highest BCUT2D eigenvalue weighted by molar-refractivity contribution is 7.09. The predicted molar refractivity (Wildman–Crippen MR) is 74.3 cm³/mol. The molecule has 1 aliphatic rings. The van der Waals surface area contributed by atoms with Crippen LogP contribution in [0.3, 0.4) is 0 Å². The minimum Gasteiger partial charge on any atom is -0.311 e. The van der Waals surface area contributed by atoms with Gasteiger partial charge in [0, 0.05) is 11.9 Å². The van der Waals surface area contributed by atoms with Crippen molar-refractivity contribution in [1.82, 2.24) is 10.3 Å². The van der Waals surface area contributed by atoms with Crippen molar-refractivity contribution in [3.05, 3.63) is 16.1 Å². The molecule has 2 rings (SSSR count). The lowest BCUT2D eigenvalue weighted by Gasteiger charge is -2.04. The lowest BCUT2D eigenvalue weighted by atomic mass is 10.0. The molecule has 1 aromatic rings. The van der Waals surface area contributed by atoms with Gasteiger partial charge in [-0.3, -0.25) is 0 Å². The Hall–Kier alpha value is -0.410. The summed E-state index contributed by atoms with van der Waals surface area (Å²) in [6, 6.07) is 0. The van der Waals surface area contributed by atoms with Gasteiger partial charge in [-0.1, -0.05) is 34.6 Å². The van der Waals surface area contributed by atoms with Crippen molar-refractivity contribution >= 4 is 11.3 Å². The minimum absolute atomic E-state index is 0.483. The summed E-state index contributed by atoms with van der Waals surface area (Å²) in [7, 11) is 0. The van der Waals surface area contributed by atoms with Crippen molar-refractivity contribution in [2.45, 2.75) is 47.6 Å². The normalized spacial score (nSPS) is 21.7. The number of thiazole rings is 1. The maximum absolute atomic E-state index is 4.57. The molecule has 1 aromatic heterocycles. The first-order chi connectivity index (χ1) is 7.89. The van der Waals surface area contributed by atoms with Gasteiger partial charge in [-0.25, -0.2) is 4.98 Å². The lowest BCUT2D eigenvalue weighted by Crippen LogP contribution is -2.19. The van der Waals surface area contributed by atoms with Crippen molar-refractivity contribution in [2.24, 2.45) is 16.7 Å². The summed E-state index contributed by atoms with van der Waals surface area (Å²) in [4.78, 5) is 4.57. The van der Waals surface area contributed by atoms with Crippen LogP contribution in [0.15, 0.2) is 5.38 Å². The summed E-state index contributed by atoms with van der Waals surface area (Å²) in [5.41, 5.74) is 2.16. The highest BCUT2D eigenvalue weighted by atomic mass is 32.1. The third-order valence-corrected chi connectivity index (χ3v) is 5.92. The molecule has 0 aliphatic heterocycles. The van der Waals surface area contributed by atoms with Gasteiger partial charge in [0.1, 0.15) is 0 Å². The third kappa shape index (κ3) is 2.27. The second kappa shape index (κ2) is 4.36. The van der Waals surface area contributed by atoms with Crippen LogP contribution in [0.25, 0.3) is 0 Å². The van der Waals surface area contributed by atoms with Gasteiger partial charge in [0.05, 0.1) is 10.7 Å². The zero-order valence-corrected chi connectivity index (χ0v) is 12.4. The monoisotopic (exact) mass is 252 g/mol. The smallest absolute Gasteiger partial charge is 0.0926 e. The van der Waals surface area contributed by atoms with E-state index in [1.165, 1.54) is 10.7 Å². The van der Waals surface area contributed by atoms with E-state index in [1.54, 1.807) is 11.3 Å². The van der Waals surface area contributed by atoms with Crippen LogP contribution in [0.1, 0.15) is 45.3 Å². The molecular weight excluding hydrogens is 228 g/mol. The highest BCUT2D eigenvalue weighted by Gasteiger charge is 2.63. The Balaban J connectivity index is 1.78. The van der Waals surface area contributed by atoms with Crippen molar-refractivity contribution in [1.29, 1.82) is 0 Å². The van der Waals surface area contributed by atoms with Gasteiger partial charge >= 0.3 is 0 Å². The van der Waals surface area contributed by atoms with Gasteiger partial charge in [0.2, 0.25) is 0 Å². The fourth-order valence-electron chi connectivity index (χ4n) is 2.78. The standard InChI is InChI=1S/C14H24N2S/c1-6-12-16-10(9-17-12)7-15-8-11-13(2,3)14(11,4)5/h9,11,15H,6-8H2,1-5H3. The predicted octanol–water partition coefficient (Wildman–Crippen LogP) is 3.48. The molecule has 1 heterocycles. The van der Waals surface area contributed by atoms with E-state index in [2.05, 4.69) is 50.3 Å². The van der Waals surface area contributed by atoms with Crippen LogP contribution in [0, 0.1) is 16.7 Å². The Morgan fingerprint density at radius 1 is 1.29 bits per heavy atom. The molecule has 17 heavy (non-hydrogen) atoms. The topological polar surface area (TPSA) is 24.9 Å². The van der Waals surface area contributed by atoms with Gasteiger partial charge in [-0.05, 0) is 29.7 Å². The molecule has 0 unspecified atom stereocenters. The van der Waals surface area contributed by atoms with Gasteiger partial charge in [0.25, 0.3) is 0 Å². The van der Waals surface area contributed by atoms with Crippen LogP contribution in [-0.4, -0.2) is 11.5 Å². The summed E-state index contributed by atoms with van der Waals surface area (Å²) < 4.78 is 0. The molecule has 0 aromatic carbocycles. The summed E-state index contributed by atoms with van der Waals surface area (Å²) in [6.45, 7) is 13.7. The van der Waals surface area contributed by atoms with Crippen molar-refractivity contribution in [2.75, 3.05) is 6.54 Å². The van der Waals surface area contributed by atoms with Crippen LogP contribution < -0.4 is 5.32 Å². The molecule has 96 valence electrons. The van der Waals surface area contributed by atoms with E-state index in [1.807, 2.05) is 0 Å². The summed E-state index contributed by atoms with van der Waals surface area (Å²) >= 11 is 1.77. The number of hydrogen-bond donors (Lipinski definition) is 1. The number of nitrogens with one attached hydrogen (secondary N) is 1. The largest absolute Gasteiger partial charge is 0.311 e. The second-order valence-electron chi connectivity index (χ2n) is 6.21. The van der Waals surface area contributed by atoms with Crippen molar-refractivity contribution in [3.8, 4) is 0 Å². The number of nitrogens with zero attached hydrogens (tertiary/aromatic N) is 1. The fraction of sp³-hybridized carbons (Fsp3) is 0.786. The average molecular weight is 252 g/mol. The molecule has 1 fully saturated rings. The zero-order chi connectivity index (χ0) is 12.7. The van der Waals surface area contributed by atoms with E-state index in [4.69, 9.17) is 0 Å². The Labute approximate surface area is 109 Å². The van der Waals surface area contributed by atoms with Crippen LogP contribution >= 0.6 is 11.3 Å². The van der Waals surface area contributed by atoms with Crippen LogP contribution in [0.4, 0.5) is 0 Å². The molecule has 0 atom stereocenters. The number of rotatable bonds is 5. The number of aromatic nitrogens is 1. The Morgan fingerprint density at radius 3 is 2.41 bits per heavy atom. The number of aryl methyl sites for hydroxylation is 1. The molecular formula is C14H24N2S. The molecule has 0 spiro atoms. The molecule has 2 nitrogen and oxygen atoms in total. The van der Waals surface area contributed by atoms with E-state index >= 15 is 0 Å². The molecule has 0 saturated heterocycles. The Kier molecular flexibility index (Phi) is 3.34. The molecule has 0 bridgehead atoms. The first kappa shape index (κ1) is 13.0. The SMILES string of the molecule is CCc1nc(CNCC2C(C)(C)C2(C)C)cs1. The van der Waals surface area contributed by atoms with Gasteiger partial charge in [0.15, 0.2) is 0 Å². The summed E-state index contributed by atoms with van der Waals surface area (Å²) in [5, 5.41) is 6.98. The maximum atomic E-state index is 4.57. The van der Waals surface area contributed by atoms with E-state index in [0.29, 0.717) is 10.8 Å². The molecule has 0 radical (unpaired) electrons. The van der Waals surface area contributed by atoms with E-state index in [0.717, 1.165) is 25.4 Å². The summed E-state index contributed by atoms with van der Waals surface area (Å²) in [5.74, 6) is 0.791. The zero-order valence-electron chi connectivity index (χ0n) is 11.6. The van der Waals surface area contributed by atoms with Gasteiger partial charge in [-0.15, -0.1) is 11.3 Å². The Morgan fingerprint density at radius 2 is 1.94 bits per heavy atom. The lowest BCUT2D eigenvalue weighted by molar-refractivity contribution is 0.457. The van der Waals surface area contributed by atoms with Crippen LogP contribution in [0.5, 0.6) is 0 Å². The van der Waals surface area contributed by atoms with E-state index in [9.17, 15) is 0 Å². The average Bonchev–Trinajstić information content (AvgIpc) is 2.64. The van der Waals surface area contributed by atoms with E-state index < -0.39 is 0 Å². The molecule has 3 heteroatoms. The van der Waals surface area contributed by atoms with Gasteiger partial charge < -0.3 is 5.32 Å². The molecule has 1 aliphatic carbocycles. The van der Waals surface area contributed by atoms with Crippen LogP contribution in [-0.2, 0) is 13.0 Å².